The van der Waals surface area contributed by atoms with Gasteiger partial charge in [-0.1, -0.05) is 47.5 Å². The number of aromatic nitrogens is 2. The molecular weight excluding hydrogens is 537 g/mol. The van der Waals surface area contributed by atoms with Crippen LogP contribution in [0.25, 0.3) is 11.3 Å². The van der Waals surface area contributed by atoms with E-state index in [2.05, 4.69) is 20.6 Å². The smallest absolute Gasteiger partial charge is 0.258 e. The molecule has 0 aliphatic carbocycles. The van der Waals surface area contributed by atoms with E-state index in [0.29, 0.717) is 24.7 Å². The van der Waals surface area contributed by atoms with Crippen molar-refractivity contribution in [1.29, 1.82) is 0 Å². The monoisotopic (exact) mass is 567 g/mol. The molecule has 3 N–H and O–H groups in total. The van der Waals surface area contributed by atoms with Crippen LogP contribution in [0.1, 0.15) is 52.9 Å². The molecule has 40 heavy (non-hydrogen) atoms. The van der Waals surface area contributed by atoms with Gasteiger partial charge in [-0.2, -0.15) is 0 Å². The van der Waals surface area contributed by atoms with Crippen LogP contribution >= 0.6 is 11.6 Å². The molecule has 1 fully saturated rings. The van der Waals surface area contributed by atoms with Crippen LogP contribution in [-0.4, -0.2) is 63.7 Å². The Hall–Kier alpha value is -3.60. The van der Waals surface area contributed by atoms with Crippen LogP contribution < -0.4 is 10.6 Å². The van der Waals surface area contributed by atoms with Crippen molar-refractivity contribution in [3.63, 3.8) is 0 Å². The largest absolute Gasteiger partial charge is 0.394 e. The van der Waals surface area contributed by atoms with Gasteiger partial charge in [0.1, 0.15) is 11.9 Å². The number of nitrogens with zero attached hydrogens (tertiary/aromatic N) is 3. The maximum absolute atomic E-state index is 15.9. The summed E-state index contributed by atoms with van der Waals surface area (Å²) in [7, 11) is 0. The predicted molar refractivity (Wildman–Crippen MR) is 148 cm³/mol. The molecule has 0 radical (unpaired) electrons. The highest BCUT2D eigenvalue weighted by Gasteiger charge is 2.37. The standard InChI is InChI=1S/C29H31ClFN5O4/c1-16-4-3-5-18(12-16)23(15-37)34-27(38)17(2)36-14-19-6-7-21(25(31)24(19)28(36)39)26-22(30)13-32-29(35-26)33-20-8-10-40-11-9-20/h3-7,12-13,17,20,23,37H,8-11,14-15H2,1-2H3,(H,34,38)(H,32,33,35). The number of carbonyl (C=O) groups excluding carboxylic acids is 2. The second kappa shape index (κ2) is 11.9. The molecule has 2 amide bonds. The Morgan fingerprint density at radius 1 is 1.27 bits per heavy atom. The van der Waals surface area contributed by atoms with Crippen molar-refractivity contribution < 1.29 is 23.8 Å². The zero-order chi connectivity index (χ0) is 28.4. The lowest BCUT2D eigenvalue weighted by atomic mass is 10.0. The van der Waals surface area contributed by atoms with E-state index >= 15 is 4.39 Å². The highest BCUT2D eigenvalue weighted by molar-refractivity contribution is 6.33. The number of anilines is 1. The quantitative estimate of drug-likeness (QED) is 0.376. The van der Waals surface area contributed by atoms with Gasteiger partial charge in [-0.15, -0.1) is 0 Å². The Bertz CT molecular complexity index is 1430. The van der Waals surface area contributed by atoms with Gasteiger partial charge in [0.15, 0.2) is 0 Å². The molecule has 9 nitrogen and oxygen atoms in total. The zero-order valence-corrected chi connectivity index (χ0v) is 23.0. The topological polar surface area (TPSA) is 117 Å². The fraction of sp³-hybridized carbons (Fsp3) is 0.379. The lowest BCUT2D eigenvalue weighted by Crippen LogP contribution is -2.46. The van der Waals surface area contributed by atoms with Crippen molar-refractivity contribution in [3.05, 3.63) is 75.7 Å². The Kier molecular flexibility index (Phi) is 8.30. The molecule has 210 valence electrons. The second-order valence-electron chi connectivity index (χ2n) is 10.1. The van der Waals surface area contributed by atoms with Gasteiger partial charge in [-0.05, 0) is 43.9 Å². The van der Waals surface area contributed by atoms with Gasteiger partial charge >= 0.3 is 0 Å². The normalized spacial score (nSPS) is 16.9. The second-order valence-corrected chi connectivity index (χ2v) is 10.6. The first kappa shape index (κ1) is 27.9. The fourth-order valence-electron chi connectivity index (χ4n) is 5.08. The zero-order valence-electron chi connectivity index (χ0n) is 22.3. The van der Waals surface area contributed by atoms with E-state index < -0.39 is 29.7 Å². The van der Waals surface area contributed by atoms with Crippen LogP contribution in [0, 0.1) is 12.7 Å². The number of halogens is 2. The average molecular weight is 568 g/mol. The molecule has 2 aliphatic heterocycles. The number of ether oxygens (including phenoxy) is 1. The van der Waals surface area contributed by atoms with Crippen molar-refractivity contribution in [3.8, 4) is 11.3 Å². The van der Waals surface area contributed by atoms with Gasteiger partial charge < -0.3 is 25.4 Å². The minimum Gasteiger partial charge on any atom is -0.394 e. The van der Waals surface area contributed by atoms with Crippen LogP contribution in [0.3, 0.4) is 0 Å². The van der Waals surface area contributed by atoms with Crippen molar-refractivity contribution in [2.24, 2.45) is 0 Å². The molecule has 0 spiro atoms. The molecule has 2 atom stereocenters. The number of amides is 2. The molecule has 3 aromatic rings. The van der Waals surface area contributed by atoms with Gasteiger partial charge in [0, 0.05) is 31.4 Å². The Morgan fingerprint density at radius 2 is 2.05 bits per heavy atom. The van der Waals surface area contributed by atoms with Crippen molar-refractivity contribution in [1.82, 2.24) is 20.2 Å². The number of aryl methyl sites for hydroxylation is 1. The molecule has 1 aromatic heterocycles. The van der Waals surface area contributed by atoms with Gasteiger partial charge in [-0.25, -0.2) is 14.4 Å². The van der Waals surface area contributed by atoms with E-state index in [1.807, 2.05) is 31.2 Å². The van der Waals surface area contributed by atoms with Crippen LogP contribution in [0.4, 0.5) is 10.3 Å². The number of carbonyl (C=O) groups is 2. The molecule has 3 heterocycles. The molecule has 0 bridgehead atoms. The first-order chi connectivity index (χ1) is 19.3. The number of benzene rings is 2. The summed E-state index contributed by atoms with van der Waals surface area (Å²) in [5.41, 5.74) is 2.35. The molecule has 0 saturated carbocycles. The molecule has 11 heteroatoms. The summed E-state index contributed by atoms with van der Waals surface area (Å²) in [6, 6.07) is 9.25. The first-order valence-electron chi connectivity index (χ1n) is 13.2. The van der Waals surface area contributed by atoms with Crippen molar-refractivity contribution in [2.75, 3.05) is 25.1 Å². The summed E-state index contributed by atoms with van der Waals surface area (Å²) in [4.78, 5) is 36.5. The van der Waals surface area contributed by atoms with E-state index in [-0.39, 0.29) is 41.0 Å². The van der Waals surface area contributed by atoms with Gasteiger partial charge in [-0.3, -0.25) is 9.59 Å². The SMILES string of the molecule is Cc1cccc(C(CO)NC(=O)C(C)N2Cc3ccc(-c4nc(NC5CCOCC5)ncc4Cl)c(F)c3C2=O)c1. The maximum atomic E-state index is 15.9. The minimum atomic E-state index is -0.903. The Balaban J connectivity index is 1.35. The summed E-state index contributed by atoms with van der Waals surface area (Å²) in [6.07, 6.45) is 3.01. The Morgan fingerprint density at radius 3 is 2.77 bits per heavy atom. The van der Waals surface area contributed by atoms with Crippen molar-refractivity contribution >= 4 is 29.4 Å². The molecule has 5 rings (SSSR count). The van der Waals surface area contributed by atoms with E-state index in [9.17, 15) is 14.7 Å². The molecule has 2 aromatic carbocycles. The summed E-state index contributed by atoms with van der Waals surface area (Å²) in [6.45, 7) is 4.54. The predicted octanol–water partition coefficient (Wildman–Crippen LogP) is 4.03. The summed E-state index contributed by atoms with van der Waals surface area (Å²) in [5.74, 6) is -1.48. The highest BCUT2D eigenvalue weighted by atomic mass is 35.5. The fourth-order valence-corrected chi connectivity index (χ4v) is 5.27. The summed E-state index contributed by atoms with van der Waals surface area (Å²) < 4.78 is 21.3. The lowest BCUT2D eigenvalue weighted by molar-refractivity contribution is -0.126. The molecular formula is C29H31ClFN5O4. The molecule has 2 aliphatic rings. The highest BCUT2D eigenvalue weighted by Crippen LogP contribution is 2.35. The maximum Gasteiger partial charge on any atom is 0.258 e. The first-order valence-corrected chi connectivity index (χ1v) is 13.6. The number of hydrogen-bond donors (Lipinski definition) is 3. The van der Waals surface area contributed by atoms with Gasteiger partial charge in [0.25, 0.3) is 5.91 Å². The Labute approximate surface area is 236 Å². The van der Waals surface area contributed by atoms with Gasteiger partial charge in [0.2, 0.25) is 11.9 Å². The third kappa shape index (κ3) is 5.65. The van der Waals surface area contributed by atoms with Crippen molar-refractivity contribution in [2.45, 2.75) is 51.4 Å². The van der Waals surface area contributed by atoms with Crippen LogP contribution in [-0.2, 0) is 16.1 Å². The van der Waals surface area contributed by atoms with E-state index in [0.717, 1.165) is 24.0 Å². The minimum absolute atomic E-state index is 0.0717. The summed E-state index contributed by atoms with van der Waals surface area (Å²) in [5, 5.41) is 16.1. The summed E-state index contributed by atoms with van der Waals surface area (Å²) >= 11 is 6.37. The number of nitrogens with one attached hydrogen (secondary N) is 2. The number of rotatable bonds is 8. The third-order valence-corrected chi connectivity index (χ3v) is 7.66. The van der Waals surface area contributed by atoms with Crippen LogP contribution in [0.15, 0.2) is 42.6 Å². The number of aliphatic hydroxyl groups is 1. The van der Waals surface area contributed by atoms with E-state index in [4.69, 9.17) is 16.3 Å². The van der Waals surface area contributed by atoms with Gasteiger partial charge in [0.05, 0.1) is 35.1 Å². The molecule has 2 unspecified atom stereocenters. The average Bonchev–Trinajstić information content (AvgIpc) is 3.30. The number of hydrogen-bond acceptors (Lipinski definition) is 7. The van der Waals surface area contributed by atoms with E-state index in [1.54, 1.807) is 19.1 Å². The number of fused-ring (bicyclic) bond motifs is 1. The molecule has 1 saturated heterocycles. The third-order valence-electron chi connectivity index (χ3n) is 7.39. The van der Waals surface area contributed by atoms with E-state index in [1.165, 1.54) is 11.1 Å². The van der Waals surface area contributed by atoms with Crippen LogP contribution in [0.2, 0.25) is 5.02 Å². The lowest BCUT2D eigenvalue weighted by Gasteiger charge is -2.26. The number of aliphatic hydroxyl groups excluding tert-OH is 1. The van der Waals surface area contributed by atoms with Crippen LogP contribution in [0.5, 0.6) is 0 Å².